The Bertz CT molecular complexity index is 282. The number of halogens is 3. The van der Waals surface area contributed by atoms with Crippen LogP contribution in [0.4, 0.5) is 18.0 Å². The van der Waals surface area contributed by atoms with Crippen LogP contribution in [0.5, 0.6) is 0 Å². The van der Waals surface area contributed by atoms with Gasteiger partial charge < -0.3 is 10.1 Å². The zero-order valence-electron chi connectivity index (χ0n) is 8.59. The highest BCUT2D eigenvalue weighted by Crippen LogP contribution is 2.29. The van der Waals surface area contributed by atoms with Gasteiger partial charge in [-0.05, 0) is 13.0 Å². The van der Waals surface area contributed by atoms with Crippen molar-refractivity contribution >= 4 is 6.09 Å². The number of carbonyl (C=O) groups excluding carboxylic acids is 1. The minimum atomic E-state index is -4.39. The first kappa shape index (κ1) is 11.5. The van der Waals surface area contributed by atoms with Crippen LogP contribution in [0.15, 0.2) is 0 Å². The normalized spacial score (nSPS) is 32.8. The van der Waals surface area contributed by atoms with Crippen molar-refractivity contribution in [2.75, 3.05) is 26.2 Å². The number of ether oxygens (including phenoxy) is 1. The molecule has 0 saturated carbocycles. The van der Waals surface area contributed by atoms with Crippen molar-refractivity contribution in [3.8, 4) is 0 Å². The molecule has 0 aromatic rings. The smallest absolute Gasteiger partial charge is 0.407 e. The highest BCUT2D eigenvalue weighted by atomic mass is 19.4. The molecule has 1 N–H and O–H groups in total. The number of nitrogens with one attached hydrogen (secondary N) is 1. The number of nitrogens with zero attached hydrogens (tertiary/aromatic N) is 1. The van der Waals surface area contributed by atoms with Gasteiger partial charge in [0.2, 0.25) is 0 Å². The van der Waals surface area contributed by atoms with Gasteiger partial charge in [-0.3, -0.25) is 4.90 Å². The van der Waals surface area contributed by atoms with Crippen LogP contribution in [0, 0.1) is 5.92 Å². The molecule has 2 saturated heterocycles. The fourth-order valence-corrected chi connectivity index (χ4v) is 2.22. The Kier molecular flexibility index (Phi) is 2.96. The van der Waals surface area contributed by atoms with Crippen molar-refractivity contribution in [2.24, 2.45) is 5.92 Å². The first-order chi connectivity index (χ1) is 7.44. The number of alkyl halides is 3. The van der Waals surface area contributed by atoms with Gasteiger partial charge >= 0.3 is 12.3 Å². The van der Waals surface area contributed by atoms with E-state index in [1.165, 1.54) is 0 Å². The predicted molar refractivity (Wildman–Crippen MR) is 48.9 cm³/mol. The predicted octanol–water partition coefficient (Wildman–Crippen LogP) is 0.979. The summed E-state index contributed by atoms with van der Waals surface area (Å²) in [4.78, 5) is 13.2. The summed E-state index contributed by atoms with van der Waals surface area (Å²) < 4.78 is 40.4. The first-order valence-corrected chi connectivity index (χ1v) is 5.17. The molecule has 2 aliphatic rings. The van der Waals surface area contributed by atoms with Crippen molar-refractivity contribution in [1.29, 1.82) is 0 Å². The molecule has 2 rings (SSSR count). The van der Waals surface area contributed by atoms with E-state index in [2.05, 4.69) is 4.90 Å². The lowest BCUT2D eigenvalue weighted by Gasteiger charge is -2.22. The Morgan fingerprint density at radius 2 is 2.19 bits per heavy atom. The van der Waals surface area contributed by atoms with Gasteiger partial charge in [-0.15, -0.1) is 0 Å². The molecule has 2 fully saturated rings. The average Bonchev–Trinajstić information content (AvgIpc) is 2.75. The second-order valence-corrected chi connectivity index (χ2v) is 4.22. The Morgan fingerprint density at radius 1 is 1.44 bits per heavy atom. The maximum atomic E-state index is 11.8. The molecule has 4 nitrogen and oxygen atoms in total. The fourth-order valence-electron chi connectivity index (χ4n) is 2.22. The number of hydrogen-bond acceptors (Lipinski definition) is 3. The lowest BCUT2D eigenvalue weighted by atomic mass is 10.0. The molecule has 2 heterocycles. The van der Waals surface area contributed by atoms with Gasteiger partial charge in [-0.2, -0.15) is 13.2 Å². The van der Waals surface area contributed by atoms with Crippen LogP contribution in [0.2, 0.25) is 0 Å². The fraction of sp³-hybridized carbons (Fsp3) is 0.889. The molecule has 0 radical (unpaired) electrons. The van der Waals surface area contributed by atoms with E-state index in [0.29, 0.717) is 6.54 Å². The van der Waals surface area contributed by atoms with Crippen LogP contribution < -0.4 is 5.32 Å². The van der Waals surface area contributed by atoms with Crippen LogP contribution in [0.3, 0.4) is 0 Å². The summed E-state index contributed by atoms with van der Waals surface area (Å²) in [5.74, 6) is 0.289. The van der Waals surface area contributed by atoms with E-state index in [-0.39, 0.29) is 12.0 Å². The Labute approximate surface area is 90.7 Å². The molecular weight excluding hydrogens is 225 g/mol. The van der Waals surface area contributed by atoms with Crippen LogP contribution in [0.25, 0.3) is 0 Å². The number of alkyl carbamates (subject to hydrolysis) is 1. The molecule has 1 amide bonds. The molecular formula is C9H13F3N2O2. The largest absolute Gasteiger partial charge is 0.445 e. The summed E-state index contributed by atoms with van der Waals surface area (Å²) in [7, 11) is 0. The lowest BCUT2D eigenvalue weighted by molar-refractivity contribution is -0.124. The summed E-state index contributed by atoms with van der Waals surface area (Å²) in [6.45, 7) is 1.18. The molecule has 2 bridgehead atoms. The Morgan fingerprint density at radius 3 is 2.69 bits per heavy atom. The van der Waals surface area contributed by atoms with Gasteiger partial charge in [0.1, 0.15) is 12.6 Å². The van der Waals surface area contributed by atoms with Crippen molar-refractivity contribution < 1.29 is 22.7 Å². The summed E-state index contributed by atoms with van der Waals surface area (Å²) in [5, 5.41) is 1.70. The van der Waals surface area contributed by atoms with Gasteiger partial charge in [0, 0.05) is 19.0 Å². The molecule has 92 valence electrons. The number of rotatable bonds is 2. The number of fused-ring (bicyclic) bond motifs is 2. The van der Waals surface area contributed by atoms with Crippen LogP contribution in [-0.2, 0) is 4.74 Å². The molecule has 7 heteroatoms. The third-order valence-corrected chi connectivity index (χ3v) is 2.96. The Hall–Kier alpha value is -0.980. The second-order valence-electron chi connectivity index (χ2n) is 4.22. The molecule has 0 aromatic heterocycles. The monoisotopic (exact) mass is 238 g/mol. The standard InChI is InChI=1S/C9H13F3N2O2/c10-9(11,12)5-13-8(15)16-7-4-14-2-1-6(7)3-14/h6-7H,1-5H2,(H,13,15). The van der Waals surface area contributed by atoms with E-state index in [9.17, 15) is 18.0 Å². The third kappa shape index (κ3) is 2.78. The molecule has 16 heavy (non-hydrogen) atoms. The zero-order valence-corrected chi connectivity index (χ0v) is 8.59. The van der Waals surface area contributed by atoms with Crippen molar-refractivity contribution in [2.45, 2.75) is 18.7 Å². The molecule has 0 aliphatic carbocycles. The summed E-state index contributed by atoms with van der Waals surface area (Å²) in [6, 6.07) is 0. The highest BCUT2D eigenvalue weighted by molar-refractivity contribution is 5.67. The van der Waals surface area contributed by atoms with Gasteiger partial charge in [0.25, 0.3) is 0 Å². The van der Waals surface area contributed by atoms with Crippen molar-refractivity contribution in [3.63, 3.8) is 0 Å². The summed E-state index contributed by atoms with van der Waals surface area (Å²) in [5.41, 5.74) is 0. The van der Waals surface area contributed by atoms with Crippen molar-refractivity contribution in [1.82, 2.24) is 10.2 Å². The van der Waals surface area contributed by atoms with E-state index in [4.69, 9.17) is 4.74 Å². The van der Waals surface area contributed by atoms with E-state index < -0.39 is 18.8 Å². The Balaban J connectivity index is 1.72. The van der Waals surface area contributed by atoms with Crippen LogP contribution in [0.1, 0.15) is 6.42 Å². The molecule has 3 atom stereocenters. The molecule has 2 aliphatic heterocycles. The number of carbonyl (C=O) groups is 1. The second kappa shape index (κ2) is 4.12. The summed E-state index contributed by atoms with van der Waals surface area (Å²) in [6.07, 6.45) is -4.66. The van der Waals surface area contributed by atoms with E-state index in [0.717, 1.165) is 19.5 Å². The van der Waals surface area contributed by atoms with E-state index in [1.54, 1.807) is 5.32 Å². The van der Waals surface area contributed by atoms with Crippen LogP contribution >= 0.6 is 0 Å². The van der Waals surface area contributed by atoms with Crippen LogP contribution in [-0.4, -0.2) is 49.5 Å². The number of amides is 1. The zero-order chi connectivity index (χ0) is 11.8. The quantitative estimate of drug-likeness (QED) is 0.779. The number of piperidine rings is 1. The van der Waals surface area contributed by atoms with Gasteiger partial charge in [0.05, 0.1) is 0 Å². The molecule has 0 aromatic carbocycles. The van der Waals surface area contributed by atoms with Gasteiger partial charge in [0.15, 0.2) is 0 Å². The molecule has 0 spiro atoms. The van der Waals surface area contributed by atoms with E-state index in [1.807, 2.05) is 0 Å². The molecule has 3 unspecified atom stereocenters. The maximum absolute atomic E-state index is 11.8. The highest BCUT2D eigenvalue weighted by Gasteiger charge is 2.40. The minimum Gasteiger partial charge on any atom is -0.445 e. The lowest BCUT2D eigenvalue weighted by Crippen LogP contribution is -2.39. The van der Waals surface area contributed by atoms with E-state index >= 15 is 0 Å². The van der Waals surface area contributed by atoms with Gasteiger partial charge in [-0.25, -0.2) is 4.79 Å². The maximum Gasteiger partial charge on any atom is 0.407 e. The number of hydrogen-bond donors (Lipinski definition) is 1. The van der Waals surface area contributed by atoms with Gasteiger partial charge in [-0.1, -0.05) is 0 Å². The first-order valence-electron chi connectivity index (χ1n) is 5.17. The SMILES string of the molecule is O=C(NCC(F)(F)F)OC1CN2CCC1C2. The summed E-state index contributed by atoms with van der Waals surface area (Å²) >= 11 is 0. The van der Waals surface area contributed by atoms with Crippen molar-refractivity contribution in [3.05, 3.63) is 0 Å². The third-order valence-electron chi connectivity index (χ3n) is 2.96. The minimum absolute atomic E-state index is 0.248. The topological polar surface area (TPSA) is 41.6 Å². The average molecular weight is 238 g/mol.